The maximum absolute atomic E-state index is 13.7. The molecule has 194 valence electrons. The molecule has 0 radical (unpaired) electrons. The number of alkyl carbamates (subject to hydrolysis) is 1. The topological polar surface area (TPSA) is 132 Å². The van der Waals surface area contributed by atoms with Gasteiger partial charge in [-0.25, -0.2) is 4.79 Å². The first-order valence-electron chi connectivity index (χ1n) is 12.0. The summed E-state index contributed by atoms with van der Waals surface area (Å²) in [5.41, 5.74) is -0.406. The van der Waals surface area contributed by atoms with Crippen LogP contribution in [0.2, 0.25) is 0 Å². The molecule has 3 amide bonds. The zero-order valence-electron chi connectivity index (χ0n) is 21.9. The first-order chi connectivity index (χ1) is 16.3. The molecule has 0 fully saturated rings. The first-order valence-corrected chi connectivity index (χ1v) is 12.0. The molecule has 1 aromatic carbocycles. The number of phenolic OH excluding ortho intramolecular Hbond substituents is 1. The lowest BCUT2D eigenvalue weighted by Crippen LogP contribution is -2.54. The molecule has 3 N–H and O–H groups in total. The van der Waals surface area contributed by atoms with Crippen molar-refractivity contribution in [2.45, 2.75) is 91.5 Å². The van der Waals surface area contributed by atoms with E-state index in [0.717, 1.165) is 17.7 Å². The van der Waals surface area contributed by atoms with Crippen molar-refractivity contribution in [3.63, 3.8) is 0 Å². The number of nitrogens with zero attached hydrogens (tertiary/aromatic N) is 2. The van der Waals surface area contributed by atoms with E-state index in [-0.39, 0.29) is 30.7 Å². The van der Waals surface area contributed by atoms with E-state index in [1.165, 1.54) is 12.1 Å². The number of hydrogen-bond acceptors (Lipinski definition) is 6. The fraction of sp³-hybridized carbons (Fsp3) is 0.615. The highest BCUT2D eigenvalue weighted by atomic mass is 16.6. The van der Waals surface area contributed by atoms with Crippen LogP contribution in [0.5, 0.6) is 5.75 Å². The highest BCUT2D eigenvalue weighted by Crippen LogP contribution is 2.26. The van der Waals surface area contributed by atoms with Crippen molar-refractivity contribution >= 4 is 17.9 Å². The van der Waals surface area contributed by atoms with Crippen LogP contribution in [0.3, 0.4) is 0 Å². The largest absolute Gasteiger partial charge is 0.508 e. The summed E-state index contributed by atoms with van der Waals surface area (Å²) < 4.78 is 5.33. The van der Waals surface area contributed by atoms with E-state index in [9.17, 15) is 24.8 Å². The van der Waals surface area contributed by atoms with Gasteiger partial charge in [-0.15, -0.1) is 0 Å². The molecule has 0 spiro atoms. The molecule has 0 aliphatic carbocycles. The third-order valence-electron chi connectivity index (χ3n) is 5.08. The molecule has 0 aliphatic rings. The van der Waals surface area contributed by atoms with Crippen LogP contribution < -0.4 is 10.6 Å². The normalized spacial score (nSPS) is 13.8. The third kappa shape index (κ3) is 10.3. The van der Waals surface area contributed by atoms with Gasteiger partial charge in [-0.3, -0.25) is 9.59 Å². The Bertz CT molecular complexity index is 904. The van der Waals surface area contributed by atoms with Gasteiger partial charge in [0.25, 0.3) is 0 Å². The molecule has 35 heavy (non-hydrogen) atoms. The van der Waals surface area contributed by atoms with Crippen LogP contribution in [0.25, 0.3) is 0 Å². The Morgan fingerprint density at radius 1 is 1.17 bits per heavy atom. The van der Waals surface area contributed by atoms with E-state index < -0.39 is 35.6 Å². The van der Waals surface area contributed by atoms with Crippen molar-refractivity contribution in [1.82, 2.24) is 15.5 Å². The number of hydrogen-bond donors (Lipinski definition) is 3. The summed E-state index contributed by atoms with van der Waals surface area (Å²) in [6.07, 6.45) is 1.11. The summed E-state index contributed by atoms with van der Waals surface area (Å²) >= 11 is 0. The highest BCUT2D eigenvalue weighted by Gasteiger charge is 2.37. The van der Waals surface area contributed by atoms with E-state index in [2.05, 4.69) is 10.6 Å². The van der Waals surface area contributed by atoms with Crippen LogP contribution in [0.1, 0.15) is 79.3 Å². The predicted molar refractivity (Wildman–Crippen MR) is 133 cm³/mol. The molecule has 3 atom stereocenters. The molecule has 9 nitrogen and oxygen atoms in total. The molecule has 0 saturated carbocycles. The summed E-state index contributed by atoms with van der Waals surface area (Å²) in [5, 5.41) is 25.1. The number of nitrogens with one attached hydrogen (secondary N) is 2. The van der Waals surface area contributed by atoms with Gasteiger partial charge in [-0.2, -0.15) is 5.26 Å². The van der Waals surface area contributed by atoms with E-state index in [0.29, 0.717) is 5.56 Å². The lowest BCUT2D eigenvalue weighted by molar-refractivity contribution is -0.142. The summed E-state index contributed by atoms with van der Waals surface area (Å²) in [5.74, 6) is -1.10. The average Bonchev–Trinajstić information content (AvgIpc) is 2.71. The van der Waals surface area contributed by atoms with Gasteiger partial charge in [-0.05, 0) is 64.2 Å². The summed E-state index contributed by atoms with van der Waals surface area (Å²) in [7, 11) is 0. The number of carbonyl (C=O) groups excluding carboxylic acids is 3. The second-order valence-electron chi connectivity index (χ2n) is 10.1. The SMILES string of the molecule is CCCC(C)NC(=O)C(c1cccc(O)c1)N(CC#N)C(=O)C(CC(C)C)NC(=O)OC(C)(C)C. The molecule has 0 bridgehead atoms. The fourth-order valence-electron chi connectivity index (χ4n) is 3.71. The van der Waals surface area contributed by atoms with E-state index >= 15 is 0 Å². The molecule has 0 aromatic heterocycles. The number of carbonyl (C=O) groups is 3. The van der Waals surface area contributed by atoms with Crippen molar-refractivity contribution in [2.75, 3.05) is 6.54 Å². The number of nitriles is 1. The maximum Gasteiger partial charge on any atom is 0.408 e. The monoisotopic (exact) mass is 488 g/mol. The first kappa shape index (κ1) is 29.8. The highest BCUT2D eigenvalue weighted by molar-refractivity contribution is 5.92. The molecular formula is C26H40N4O5. The van der Waals surface area contributed by atoms with Gasteiger partial charge in [0.15, 0.2) is 0 Å². The van der Waals surface area contributed by atoms with Crippen LogP contribution in [0, 0.1) is 17.2 Å². The summed E-state index contributed by atoms with van der Waals surface area (Å²) in [4.78, 5) is 40.8. The minimum Gasteiger partial charge on any atom is -0.508 e. The minimum atomic E-state index is -1.18. The van der Waals surface area contributed by atoms with Gasteiger partial charge >= 0.3 is 6.09 Å². The Balaban J connectivity index is 3.43. The summed E-state index contributed by atoms with van der Waals surface area (Å²) in [6, 6.07) is 5.66. The number of phenols is 1. The van der Waals surface area contributed by atoms with Gasteiger partial charge in [0.2, 0.25) is 11.8 Å². The quantitative estimate of drug-likeness (QED) is 0.403. The zero-order valence-corrected chi connectivity index (χ0v) is 21.9. The molecule has 0 heterocycles. The van der Waals surface area contributed by atoms with Crippen LogP contribution in [0.15, 0.2) is 24.3 Å². The number of aromatic hydroxyl groups is 1. The van der Waals surface area contributed by atoms with Crippen LogP contribution >= 0.6 is 0 Å². The van der Waals surface area contributed by atoms with Gasteiger partial charge in [0.1, 0.15) is 30.0 Å². The lowest BCUT2D eigenvalue weighted by Gasteiger charge is -2.34. The summed E-state index contributed by atoms with van der Waals surface area (Å²) in [6.45, 7) is 12.4. The van der Waals surface area contributed by atoms with Crippen LogP contribution in [0.4, 0.5) is 4.79 Å². The van der Waals surface area contributed by atoms with Crippen molar-refractivity contribution in [2.24, 2.45) is 5.92 Å². The number of ether oxygens (including phenoxy) is 1. The zero-order chi connectivity index (χ0) is 26.8. The van der Waals surface area contributed by atoms with Crippen molar-refractivity contribution < 1.29 is 24.2 Å². The van der Waals surface area contributed by atoms with Crippen LogP contribution in [-0.4, -0.2) is 52.1 Å². The van der Waals surface area contributed by atoms with E-state index in [1.807, 2.05) is 33.8 Å². The number of benzene rings is 1. The molecule has 3 unspecified atom stereocenters. The van der Waals surface area contributed by atoms with Gasteiger partial charge in [-0.1, -0.05) is 39.3 Å². The van der Waals surface area contributed by atoms with Gasteiger partial charge < -0.3 is 25.4 Å². The maximum atomic E-state index is 13.7. The lowest BCUT2D eigenvalue weighted by atomic mass is 9.99. The van der Waals surface area contributed by atoms with E-state index in [1.54, 1.807) is 32.9 Å². The third-order valence-corrected chi connectivity index (χ3v) is 5.08. The standard InChI is InChI=1S/C26H40N4O5/c1-8-10-18(4)28-23(32)22(19-11-9-12-20(31)16-19)30(14-13-27)24(33)21(15-17(2)3)29-25(34)35-26(5,6)7/h9,11-12,16-18,21-22,31H,8,10,14-15H2,1-7H3,(H,28,32)(H,29,34). The van der Waals surface area contributed by atoms with Crippen molar-refractivity contribution in [3.8, 4) is 11.8 Å². The van der Waals surface area contributed by atoms with Gasteiger partial charge in [0.05, 0.1) is 6.07 Å². The number of rotatable bonds is 11. The Morgan fingerprint density at radius 3 is 2.34 bits per heavy atom. The molecule has 0 saturated heterocycles. The number of amides is 3. The minimum absolute atomic E-state index is 0.0282. The smallest absolute Gasteiger partial charge is 0.408 e. The molecule has 9 heteroatoms. The molecule has 1 aromatic rings. The van der Waals surface area contributed by atoms with Crippen LogP contribution in [-0.2, 0) is 14.3 Å². The van der Waals surface area contributed by atoms with E-state index in [4.69, 9.17) is 4.74 Å². The Hall–Kier alpha value is -3.28. The molecule has 0 aliphatic heterocycles. The average molecular weight is 489 g/mol. The Morgan fingerprint density at radius 2 is 1.83 bits per heavy atom. The van der Waals surface area contributed by atoms with Gasteiger partial charge in [0, 0.05) is 6.04 Å². The molecular weight excluding hydrogens is 448 g/mol. The van der Waals surface area contributed by atoms with Crippen molar-refractivity contribution in [1.29, 1.82) is 5.26 Å². The second-order valence-corrected chi connectivity index (χ2v) is 10.1. The van der Waals surface area contributed by atoms with Crippen molar-refractivity contribution in [3.05, 3.63) is 29.8 Å². The molecule has 1 rings (SSSR count). The Kier molecular flexibility index (Phi) is 11.5. The second kappa shape index (κ2) is 13.6. The predicted octanol–water partition coefficient (Wildman–Crippen LogP) is 4.03. The fourth-order valence-corrected chi connectivity index (χ4v) is 3.71. The Labute approximate surface area is 208 Å².